The van der Waals surface area contributed by atoms with Crippen LogP contribution < -0.4 is 10.6 Å². The van der Waals surface area contributed by atoms with Crippen molar-refractivity contribution in [1.29, 1.82) is 0 Å². The highest BCUT2D eigenvalue weighted by atomic mass is 16.2. The van der Waals surface area contributed by atoms with Crippen molar-refractivity contribution < 1.29 is 9.59 Å². The molecule has 0 aliphatic heterocycles. The number of carbonyl (C=O) groups excluding carboxylic acids is 2. The maximum absolute atomic E-state index is 11.4. The van der Waals surface area contributed by atoms with E-state index in [9.17, 15) is 9.59 Å². The summed E-state index contributed by atoms with van der Waals surface area (Å²) in [7, 11) is 0. The van der Waals surface area contributed by atoms with Gasteiger partial charge in [-0.05, 0) is 26.7 Å². The minimum atomic E-state index is -0.518. The first kappa shape index (κ1) is 12.0. The molecule has 86 valence electrons. The predicted octanol–water partition coefficient (Wildman–Crippen LogP) is 0.960. The van der Waals surface area contributed by atoms with Crippen LogP contribution in [0.2, 0.25) is 0 Å². The first-order valence-electron chi connectivity index (χ1n) is 5.71. The van der Waals surface area contributed by atoms with Crippen molar-refractivity contribution in [3.63, 3.8) is 0 Å². The molecule has 1 aliphatic carbocycles. The zero-order chi connectivity index (χ0) is 11.3. The Morgan fingerprint density at radius 3 is 2.20 bits per heavy atom. The van der Waals surface area contributed by atoms with E-state index in [1.165, 1.54) is 6.42 Å². The third kappa shape index (κ3) is 4.32. The van der Waals surface area contributed by atoms with Gasteiger partial charge in [-0.1, -0.05) is 19.3 Å². The Labute approximate surface area is 90.8 Å². The Balaban J connectivity index is 2.30. The van der Waals surface area contributed by atoms with Gasteiger partial charge in [0, 0.05) is 12.1 Å². The topological polar surface area (TPSA) is 58.2 Å². The molecule has 4 heteroatoms. The van der Waals surface area contributed by atoms with Crippen molar-refractivity contribution >= 4 is 11.8 Å². The van der Waals surface area contributed by atoms with Gasteiger partial charge in [0.25, 0.3) is 0 Å². The molecule has 0 bridgehead atoms. The van der Waals surface area contributed by atoms with E-state index in [0.29, 0.717) is 0 Å². The van der Waals surface area contributed by atoms with Gasteiger partial charge in [0.1, 0.15) is 0 Å². The molecule has 0 aromatic rings. The molecule has 2 amide bonds. The summed E-state index contributed by atoms with van der Waals surface area (Å²) in [6, 6.07) is 0.207. The highest BCUT2D eigenvalue weighted by molar-refractivity contribution is 6.35. The fraction of sp³-hybridized carbons (Fsp3) is 0.818. The monoisotopic (exact) mass is 212 g/mol. The highest BCUT2D eigenvalue weighted by Gasteiger charge is 2.20. The molecular weight excluding hydrogens is 192 g/mol. The molecule has 1 fully saturated rings. The second kappa shape index (κ2) is 5.73. The predicted molar refractivity (Wildman–Crippen MR) is 58.3 cm³/mol. The van der Waals surface area contributed by atoms with E-state index in [1.807, 2.05) is 13.8 Å². The van der Waals surface area contributed by atoms with Crippen LogP contribution in [-0.2, 0) is 9.59 Å². The first-order chi connectivity index (χ1) is 7.09. The molecule has 0 heterocycles. The van der Waals surface area contributed by atoms with Crippen molar-refractivity contribution in [2.24, 2.45) is 0 Å². The fourth-order valence-corrected chi connectivity index (χ4v) is 1.83. The van der Waals surface area contributed by atoms with Crippen LogP contribution >= 0.6 is 0 Å². The van der Waals surface area contributed by atoms with Gasteiger partial charge in [-0.2, -0.15) is 0 Å². The summed E-state index contributed by atoms with van der Waals surface area (Å²) in [6.45, 7) is 3.68. The lowest BCUT2D eigenvalue weighted by atomic mass is 9.95. The number of carbonyl (C=O) groups is 2. The van der Waals surface area contributed by atoms with E-state index in [-0.39, 0.29) is 12.1 Å². The van der Waals surface area contributed by atoms with Gasteiger partial charge < -0.3 is 10.6 Å². The molecule has 2 N–H and O–H groups in total. The first-order valence-corrected chi connectivity index (χ1v) is 5.71. The third-order valence-electron chi connectivity index (χ3n) is 2.57. The summed E-state index contributed by atoms with van der Waals surface area (Å²) >= 11 is 0. The van der Waals surface area contributed by atoms with Gasteiger partial charge in [0.15, 0.2) is 0 Å². The Morgan fingerprint density at radius 2 is 1.67 bits per heavy atom. The SMILES string of the molecule is CC(C)NC(=O)C(=O)NC1CCCCC1. The fourth-order valence-electron chi connectivity index (χ4n) is 1.83. The van der Waals surface area contributed by atoms with Crippen LogP contribution in [0.15, 0.2) is 0 Å². The van der Waals surface area contributed by atoms with Gasteiger partial charge in [-0.15, -0.1) is 0 Å². The second-order valence-electron chi connectivity index (χ2n) is 4.44. The average Bonchev–Trinajstić information content (AvgIpc) is 2.18. The molecule has 1 aliphatic rings. The molecule has 0 atom stereocenters. The summed E-state index contributed by atoms with van der Waals surface area (Å²) in [5.74, 6) is -1.01. The summed E-state index contributed by atoms with van der Waals surface area (Å²) in [4.78, 5) is 22.7. The van der Waals surface area contributed by atoms with Gasteiger partial charge >= 0.3 is 11.8 Å². The number of rotatable bonds is 2. The van der Waals surface area contributed by atoms with Crippen molar-refractivity contribution in [3.8, 4) is 0 Å². The zero-order valence-electron chi connectivity index (χ0n) is 9.51. The average molecular weight is 212 g/mol. The number of hydrogen-bond donors (Lipinski definition) is 2. The molecule has 0 spiro atoms. The summed E-state index contributed by atoms with van der Waals surface area (Å²) in [5, 5.41) is 5.35. The van der Waals surface area contributed by atoms with Gasteiger partial charge in [0.2, 0.25) is 0 Å². The summed E-state index contributed by atoms with van der Waals surface area (Å²) in [5.41, 5.74) is 0. The summed E-state index contributed by atoms with van der Waals surface area (Å²) in [6.07, 6.45) is 5.54. The standard InChI is InChI=1S/C11H20N2O2/c1-8(2)12-10(14)11(15)13-9-6-4-3-5-7-9/h8-9H,3-7H2,1-2H3,(H,12,14)(H,13,15). The largest absolute Gasteiger partial charge is 0.346 e. The number of amides is 2. The smallest absolute Gasteiger partial charge is 0.309 e. The molecule has 0 aromatic carbocycles. The third-order valence-corrected chi connectivity index (χ3v) is 2.57. The maximum Gasteiger partial charge on any atom is 0.309 e. The molecule has 0 aromatic heterocycles. The van der Waals surface area contributed by atoms with Crippen LogP contribution in [0.25, 0.3) is 0 Å². The van der Waals surface area contributed by atoms with E-state index in [2.05, 4.69) is 10.6 Å². The number of nitrogens with one attached hydrogen (secondary N) is 2. The molecule has 1 rings (SSSR count). The van der Waals surface area contributed by atoms with E-state index < -0.39 is 11.8 Å². The van der Waals surface area contributed by atoms with Crippen molar-refractivity contribution in [2.75, 3.05) is 0 Å². The highest BCUT2D eigenvalue weighted by Crippen LogP contribution is 2.17. The van der Waals surface area contributed by atoms with Crippen molar-refractivity contribution in [3.05, 3.63) is 0 Å². The molecule has 0 radical (unpaired) electrons. The Kier molecular flexibility index (Phi) is 4.59. The maximum atomic E-state index is 11.4. The minimum Gasteiger partial charge on any atom is -0.346 e. The molecule has 0 unspecified atom stereocenters. The van der Waals surface area contributed by atoms with E-state index in [4.69, 9.17) is 0 Å². The molecular formula is C11H20N2O2. The van der Waals surface area contributed by atoms with Crippen LogP contribution in [0.5, 0.6) is 0 Å². The van der Waals surface area contributed by atoms with Crippen molar-refractivity contribution in [1.82, 2.24) is 10.6 Å². The lowest BCUT2D eigenvalue weighted by Gasteiger charge is -2.22. The molecule has 4 nitrogen and oxygen atoms in total. The molecule has 0 saturated heterocycles. The number of hydrogen-bond acceptors (Lipinski definition) is 2. The lowest BCUT2D eigenvalue weighted by Crippen LogP contribution is -2.46. The minimum absolute atomic E-state index is 0.00889. The Bertz CT molecular complexity index is 233. The van der Waals surface area contributed by atoms with Crippen LogP contribution in [-0.4, -0.2) is 23.9 Å². The van der Waals surface area contributed by atoms with Gasteiger partial charge in [-0.3, -0.25) is 9.59 Å². The van der Waals surface area contributed by atoms with Crippen LogP contribution in [0, 0.1) is 0 Å². The Morgan fingerprint density at radius 1 is 1.07 bits per heavy atom. The van der Waals surface area contributed by atoms with E-state index in [0.717, 1.165) is 25.7 Å². The van der Waals surface area contributed by atoms with Crippen LogP contribution in [0.4, 0.5) is 0 Å². The quantitative estimate of drug-likeness (QED) is 0.670. The van der Waals surface area contributed by atoms with E-state index in [1.54, 1.807) is 0 Å². The van der Waals surface area contributed by atoms with Crippen LogP contribution in [0.3, 0.4) is 0 Å². The van der Waals surface area contributed by atoms with Gasteiger partial charge in [-0.25, -0.2) is 0 Å². The second-order valence-corrected chi connectivity index (χ2v) is 4.44. The molecule has 1 saturated carbocycles. The summed E-state index contributed by atoms with van der Waals surface area (Å²) < 4.78 is 0. The van der Waals surface area contributed by atoms with E-state index >= 15 is 0 Å². The zero-order valence-corrected chi connectivity index (χ0v) is 9.51. The molecule has 15 heavy (non-hydrogen) atoms. The lowest BCUT2D eigenvalue weighted by molar-refractivity contribution is -0.140. The normalized spacial score (nSPS) is 17.5. The van der Waals surface area contributed by atoms with Crippen molar-refractivity contribution in [2.45, 2.75) is 58.0 Å². The Hall–Kier alpha value is -1.06. The van der Waals surface area contributed by atoms with Gasteiger partial charge in [0.05, 0.1) is 0 Å². The van der Waals surface area contributed by atoms with Crippen LogP contribution in [0.1, 0.15) is 46.0 Å².